The number of rotatable bonds is 2. The maximum absolute atomic E-state index is 5.85. The predicted molar refractivity (Wildman–Crippen MR) is 70.7 cm³/mol. The first-order valence-corrected chi connectivity index (χ1v) is 5.55. The van der Waals surface area contributed by atoms with Crippen molar-refractivity contribution in [1.29, 1.82) is 0 Å². The Hall–Kier alpha value is -1.81. The number of anilines is 3. The van der Waals surface area contributed by atoms with Crippen molar-refractivity contribution in [2.75, 3.05) is 17.7 Å². The van der Waals surface area contributed by atoms with Crippen LogP contribution in [0.3, 0.4) is 0 Å². The highest BCUT2D eigenvalue weighted by atomic mass is 35.5. The fourth-order valence-electron chi connectivity index (χ4n) is 1.68. The van der Waals surface area contributed by atoms with E-state index in [4.69, 9.17) is 17.3 Å². The van der Waals surface area contributed by atoms with E-state index in [9.17, 15) is 0 Å². The molecule has 0 saturated carbocycles. The molecule has 0 amide bonds. The maximum atomic E-state index is 5.85. The van der Waals surface area contributed by atoms with Crippen molar-refractivity contribution >= 4 is 28.8 Å². The minimum absolute atomic E-state index is 0.189. The summed E-state index contributed by atoms with van der Waals surface area (Å²) in [6, 6.07) is 8.00. The van der Waals surface area contributed by atoms with Crippen LogP contribution in [0.25, 0.3) is 0 Å². The molecule has 0 aliphatic carbocycles. The van der Waals surface area contributed by atoms with Crippen molar-refractivity contribution in [2.24, 2.45) is 0 Å². The Kier molecular flexibility index (Phi) is 3.15. The monoisotopic (exact) mass is 248 g/mol. The smallest absolute Gasteiger partial charge is 0.224 e. The van der Waals surface area contributed by atoms with Crippen LogP contribution in [0, 0.1) is 6.92 Å². The Morgan fingerprint density at radius 1 is 1.29 bits per heavy atom. The second-order valence-corrected chi connectivity index (χ2v) is 4.10. The van der Waals surface area contributed by atoms with Gasteiger partial charge in [-0.3, -0.25) is 0 Å². The summed E-state index contributed by atoms with van der Waals surface area (Å²) in [5.41, 5.74) is 8.53. The van der Waals surface area contributed by atoms with Crippen LogP contribution in [0.4, 0.5) is 17.2 Å². The summed E-state index contributed by atoms with van der Waals surface area (Å²) >= 11 is 5.78. The fraction of sp³-hybridized carbons (Fsp3) is 0.167. The number of para-hydroxylation sites is 1. The lowest BCUT2D eigenvalue weighted by molar-refractivity contribution is 1.08. The van der Waals surface area contributed by atoms with E-state index in [1.54, 1.807) is 0 Å². The summed E-state index contributed by atoms with van der Waals surface area (Å²) in [4.78, 5) is 9.89. The second kappa shape index (κ2) is 4.59. The van der Waals surface area contributed by atoms with Crippen LogP contribution in [0.15, 0.2) is 30.5 Å². The molecule has 0 fully saturated rings. The van der Waals surface area contributed by atoms with Crippen molar-refractivity contribution in [3.8, 4) is 0 Å². The van der Waals surface area contributed by atoms with E-state index in [0.29, 0.717) is 11.5 Å². The van der Waals surface area contributed by atoms with Gasteiger partial charge in [0.25, 0.3) is 0 Å². The van der Waals surface area contributed by atoms with E-state index in [1.165, 1.54) is 6.20 Å². The Labute approximate surface area is 105 Å². The lowest BCUT2D eigenvalue weighted by atomic mass is 10.2. The van der Waals surface area contributed by atoms with E-state index in [0.717, 1.165) is 11.3 Å². The number of hydrogen-bond acceptors (Lipinski definition) is 4. The number of halogens is 1. The molecule has 2 rings (SSSR count). The van der Waals surface area contributed by atoms with Gasteiger partial charge in [-0.1, -0.05) is 18.2 Å². The molecule has 0 bridgehead atoms. The zero-order valence-corrected chi connectivity index (χ0v) is 10.4. The van der Waals surface area contributed by atoms with Crippen LogP contribution in [0.1, 0.15) is 5.56 Å². The molecule has 1 heterocycles. The molecule has 0 aliphatic heterocycles. The highest BCUT2D eigenvalue weighted by molar-refractivity contribution is 6.28. The van der Waals surface area contributed by atoms with Gasteiger partial charge < -0.3 is 10.6 Å². The number of aromatic nitrogens is 2. The molecule has 1 aromatic heterocycles. The largest absolute Gasteiger partial charge is 0.394 e. The minimum atomic E-state index is 0.189. The molecule has 0 radical (unpaired) electrons. The van der Waals surface area contributed by atoms with Gasteiger partial charge >= 0.3 is 0 Å². The molecule has 0 unspecified atom stereocenters. The van der Waals surface area contributed by atoms with E-state index >= 15 is 0 Å². The highest BCUT2D eigenvalue weighted by Gasteiger charge is 2.12. The normalized spacial score (nSPS) is 10.3. The number of nitrogens with zero attached hydrogens (tertiary/aromatic N) is 3. The van der Waals surface area contributed by atoms with Crippen LogP contribution in [-0.4, -0.2) is 17.0 Å². The van der Waals surface area contributed by atoms with Gasteiger partial charge in [0.15, 0.2) is 5.82 Å². The van der Waals surface area contributed by atoms with Gasteiger partial charge in [0.1, 0.15) is 0 Å². The molecule has 2 aromatic rings. The maximum Gasteiger partial charge on any atom is 0.224 e. The van der Waals surface area contributed by atoms with Crippen LogP contribution < -0.4 is 10.6 Å². The first-order chi connectivity index (χ1) is 8.09. The zero-order valence-electron chi connectivity index (χ0n) is 9.68. The van der Waals surface area contributed by atoms with Crippen molar-refractivity contribution in [3.63, 3.8) is 0 Å². The van der Waals surface area contributed by atoms with E-state index < -0.39 is 0 Å². The average Bonchev–Trinajstić information content (AvgIpc) is 2.32. The number of nitrogen functional groups attached to an aromatic ring is 1. The van der Waals surface area contributed by atoms with Gasteiger partial charge in [-0.25, -0.2) is 4.98 Å². The Balaban J connectivity index is 2.47. The first-order valence-electron chi connectivity index (χ1n) is 5.17. The van der Waals surface area contributed by atoms with Crippen molar-refractivity contribution in [2.45, 2.75) is 6.92 Å². The van der Waals surface area contributed by atoms with E-state index in [1.807, 2.05) is 43.1 Å². The highest BCUT2D eigenvalue weighted by Crippen LogP contribution is 2.29. The van der Waals surface area contributed by atoms with Crippen LogP contribution >= 0.6 is 11.6 Å². The number of hydrogen-bond donors (Lipinski definition) is 1. The van der Waals surface area contributed by atoms with Crippen LogP contribution in [0.2, 0.25) is 5.28 Å². The third-order valence-electron chi connectivity index (χ3n) is 2.56. The molecule has 0 saturated heterocycles. The molecule has 2 N–H and O–H groups in total. The predicted octanol–water partition coefficient (Wildman–Crippen LogP) is 2.79. The second-order valence-electron chi connectivity index (χ2n) is 3.76. The van der Waals surface area contributed by atoms with E-state index in [2.05, 4.69) is 9.97 Å². The summed E-state index contributed by atoms with van der Waals surface area (Å²) in [6.45, 7) is 2.03. The molecular weight excluding hydrogens is 236 g/mol. The fourth-order valence-corrected chi connectivity index (χ4v) is 1.81. The van der Waals surface area contributed by atoms with Gasteiger partial charge in [0.05, 0.1) is 11.9 Å². The quantitative estimate of drug-likeness (QED) is 0.831. The zero-order chi connectivity index (χ0) is 12.4. The topological polar surface area (TPSA) is 55.0 Å². The number of nitrogens with two attached hydrogens (primary N) is 1. The SMILES string of the molecule is Cc1ccccc1N(C)c1nc(Cl)ncc1N. The first kappa shape index (κ1) is 11.7. The van der Waals surface area contributed by atoms with Crippen molar-refractivity contribution in [1.82, 2.24) is 9.97 Å². The van der Waals surface area contributed by atoms with Crippen LogP contribution in [0.5, 0.6) is 0 Å². The number of benzene rings is 1. The molecule has 1 aromatic carbocycles. The standard InChI is InChI=1S/C12H13ClN4/c1-8-5-3-4-6-10(8)17(2)11-9(14)7-15-12(13)16-11/h3-7H,14H2,1-2H3. The van der Waals surface area contributed by atoms with Crippen molar-refractivity contribution in [3.05, 3.63) is 41.3 Å². The third kappa shape index (κ3) is 2.31. The van der Waals surface area contributed by atoms with Gasteiger partial charge in [0.2, 0.25) is 5.28 Å². The summed E-state index contributed by atoms with van der Waals surface area (Å²) < 4.78 is 0. The molecule has 4 nitrogen and oxygen atoms in total. The Bertz CT molecular complexity index is 542. The molecule has 88 valence electrons. The minimum Gasteiger partial charge on any atom is -0.394 e. The average molecular weight is 249 g/mol. The summed E-state index contributed by atoms with van der Waals surface area (Å²) in [7, 11) is 1.90. The Morgan fingerprint density at radius 2 is 2.00 bits per heavy atom. The molecular formula is C12H13ClN4. The molecule has 0 spiro atoms. The van der Waals surface area contributed by atoms with Gasteiger partial charge in [0, 0.05) is 12.7 Å². The van der Waals surface area contributed by atoms with Crippen LogP contribution in [-0.2, 0) is 0 Å². The lowest BCUT2D eigenvalue weighted by Gasteiger charge is -2.21. The lowest BCUT2D eigenvalue weighted by Crippen LogP contribution is -2.15. The summed E-state index contributed by atoms with van der Waals surface area (Å²) in [5.74, 6) is 0.610. The van der Waals surface area contributed by atoms with Gasteiger partial charge in [-0.05, 0) is 30.2 Å². The third-order valence-corrected chi connectivity index (χ3v) is 2.74. The van der Waals surface area contributed by atoms with Crippen molar-refractivity contribution < 1.29 is 0 Å². The summed E-state index contributed by atoms with van der Waals surface area (Å²) in [5, 5.41) is 0.189. The van der Waals surface area contributed by atoms with Gasteiger partial charge in [-0.2, -0.15) is 4.98 Å². The number of aryl methyl sites for hydroxylation is 1. The molecule has 17 heavy (non-hydrogen) atoms. The molecule has 5 heteroatoms. The summed E-state index contributed by atoms with van der Waals surface area (Å²) in [6.07, 6.45) is 1.51. The van der Waals surface area contributed by atoms with Gasteiger partial charge in [-0.15, -0.1) is 0 Å². The molecule has 0 atom stereocenters. The van der Waals surface area contributed by atoms with E-state index in [-0.39, 0.29) is 5.28 Å². The molecule has 0 aliphatic rings. The Morgan fingerprint density at radius 3 is 2.71 bits per heavy atom.